The summed E-state index contributed by atoms with van der Waals surface area (Å²) in [7, 11) is 0. The summed E-state index contributed by atoms with van der Waals surface area (Å²) in [5.74, 6) is 0.484. The third kappa shape index (κ3) is 2.18. The molecule has 1 aromatic heterocycles. The number of hydrogen-bond acceptors (Lipinski definition) is 2. The van der Waals surface area contributed by atoms with Crippen molar-refractivity contribution in [2.75, 3.05) is 6.54 Å². The second-order valence-electron chi connectivity index (χ2n) is 3.55. The monoisotopic (exact) mass is 207 g/mol. The molecular weight excluding hydrogens is 193 g/mol. The summed E-state index contributed by atoms with van der Waals surface area (Å²) in [6.45, 7) is 3.70. The van der Waals surface area contributed by atoms with E-state index in [2.05, 4.69) is 12.2 Å². The van der Waals surface area contributed by atoms with Crippen molar-refractivity contribution >= 4 is 11.0 Å². The van der Waals surface area contributed by atoms with E-state index in [-0.39, 0.29) is 5.82 Å². The average Bonchev–Trinajstić information content (AvgIpc) is 2.63. The molecule has 1 aromatic carbocycles. The number of halogens is 1. The highest BCUT2D eigenvalue weighted by atomic mass is 19.1. The zero-order valence-corrected chi connectivity index (χ0v) is 8.72. The van der Waals surface area contributed by atoms with Crippen molar-refractivity contribution in [3.63, 3.8) is 0 Å². The van der Waals surface area contributed by atoms with Crippen LogP contribution in [0, 0.1) is 5.82 Å². The highest BCUT2D eigenvalue weighted by molar-refractivity contribution is 5.78. The highest BCUT2D eigenvalue weighted by Gasteiger charge is 2.06. The number of rotatable bonds is 4. The molecule has 1 N–H and O–H groups in total. The van der Waals surface area contributed by atoms with Gasteiger partial charge in [-0.3, -0.25) is 0 Å². The van der Waals surface area contributed by atoms with Crippen molar-refractivity contribution in [2.45, 2.75) is 19.9 Å². The van der Waals surface area contributed by atoms with Crippen LogP contribution in [-0.2, 0) is 6.54 Å². The molecular formula is C12H14FNO. The minimum Gasteiger partial charge on any atom is -0.457 e. The van der Waals surface area contributed by atoms with Crippen molar-refractivity contribution in [1.82, 2.24) is 5.32 Å². The van der Waals surface area contributed by atoms with Gasteiger partial charge >= 0.3 is 0 Å². The summed E-state index contributed by atoms with van der Waals surface area (Å²) in [5, 5.41) is 4.04. The zero-order valence-electron chi connectivity index (χ0n) is 8.72. The van der Waals surface area contributed by atoms with Crippen LogP contribution >= 0.6 is 0 Å². The maximum Gasteiger partial charge on any atom is 0.169 e. The van der Waals surface area contributed by atoms with Gasteiger partial charge in [-0.2, -0.15) is 0 Å². The molecule has 0 saturated carbocycles. The van der Waals surface area contributed by atoms with Gasteiger partial charge in [0, 0.05) is 5.39 Å². The smallest absolute Gasteiger partial charge is 0.169 e. The van der Waals surface area contributed by atoms with Crippen molar-refractivity contribution in [1.29, 1.82) is 0 Å². The topological polar surface area (TPSA) is 25.2 Å². The second kappa shape index (κ2) is 4.45. The first kappa shape index (κ1) is 10.2. The number of nitrogens with one attached hydrogen (secondary N) is 1. The first-order valence-electron chi connectivity index (χ1n) is 5.19. The average molecular weight is 207 g/mol. The first-order valence-corrected chi connectivity index (χ1v) is 5.19. The summed E-state index contributed by atoms with van der Waals surface area (Å²) in [6.07, 6.45) is 1.08. The van der Waals surface area contributed by atoms with E-state index < -0.39 is 0 Å². The molecule has 0 saturated heterocycles. The molecule has 1 heterocycles. The van der Waals surface area contributed by atoms with Crippen molar-refractivity contribution in [3.05, 3.63) is 35.8 Å². The Balaban J connectivity index is 2.20. The Hall–Kier alpha value is -1.35. The Kier molecular flexibility index (Phi) is 3.02. The summed E-state index contributed by atoms with van der Waals surface area (Å²) >= 11 is 0. The van der Waals surface area contributed by atoms with Crippen LogP contribution in [0.2, 0.25) is 0 Å². The molecule has 0 bridgehead atoms. The molecule has 0 spiro atoms. The van der Waals surface area contributed by atoms with Crippen molar-refractivity contribution < 1.29 is 8.81 Å². The third-order valence-corrected chi connectivity index (χ3v) is 2.27. The SMILES string of the molecule is CCCNCc1cc2cccc(F)c2o1. The van der Waals surface area contributed by atoms with Crippen LogP contribution in [0.15, 0.2) is 28.7 Å². The van der Waals surface area contributed by atoms with E-state index in [0.717, 1.165) is 24.1 Å². The Bertz CT molecular complexity index is 450. The minimum atomic E-state index is -0.297. The maximum absolute atomic E-state index is 13.3. The standard InChI is InChI=1S/C12H14FNO/c1-2-6-14-8-10-7-9-4-3-5-11(13)12(9)15-10/h3-5,7,14H,2,6,8H2,1H3. The molecule has 2 aromatic rings. The molecule has 0 radical (unpaired) electrons. The van der Waals surface area contributed by atoms with E-state index in [1.807, 2.05) is 12.1 Å². The highest BCUT2D eigenvalue weighted by Crippen LogP contribution is 2.21. The van der Waals surface area contributed by atoms with Crippen LogP contribution in [0.4, 0.5) is 4.39 Å². The number of furan rings is 1. The van der Waals surface area contributed by atoms with Crippen molar-refractivity contribution in [2.24, 2.45) is 0 Å². The Labute approximate surface area is 88.1 Å². The first-order chi connectivity index (χ1) is 7.31. The van der Waals surface area contributed by atoms with Crippen LogP contribution in [0.3, 0.4) is 0 Å². The van der Waals surface area contributed by atoms with E-state index in [4.69, 9.17) is 4.42 Å². The fraction of sp³-hybridized carbons (Fsp3) is 0.333. The summed E-state index contributed by atoms with van der Waals surface area (Å²) < 4.78 is 18.7. The molecule has 2 rings (SSSR count). The van der Waals surface area contributed by atoms with Gasteiger partial charge in [0.1, 0.15) is 5.76 Å². The molecule has 0 aliphatic rings. The van der Waals surface area contributed by atoms with Crippen LogP contribution in [0.1, 0.15) is 19.1 Å². The van der Waals surface area contributed by atoms with Gasteiger partial charge in [0.05, 0.1) is 6.54 Å². The van der Waals surface area contributed by atoms with E-state index in [1.54, 1.807) is 6.07 Å². The van der Waals surface area contributed by atoms with Crippen LogP contribution in [0.25, 0.3) is 11.0 Å². The zero-order chi connectivity index (χ0) is 10.7. The van der Waals surface area contributed by atoms with Gasteiger partial charge in [0.15, 0.2) is 11.4 Å². The lowest BCUT2D eigenvalue weighted by Crippen LogP contribution is -2.12. The fourth-order valence-corrected chi connectivity index (χ4v) is 1.56. The maximum atomic E-state index is 13.3. The second-order valence-corrected chi connectivity index (χ2v) is 3.55. The molecule has 2 nitrogen and oxygen atoms in total. The Morgan fingerprint density at radius 2 is 2.27 bits per heavy atom. The van der Waals surface area contributed by atoms with Crippen LogP contribution < -0.4 is 5.32 Å². The van der Waals surface area contributed by atoms with Crippen LogP contribution in [0.5, 0.6) is 0 Å². The predicted octanol–water partition coefficient (Wildman–Crippen LogP) is 3.07. The van der Waals surface area contributed by atoms with Gasteiger partial charge in [-0.15, -0.1) is 0 Å². The molecule has 15 heavy (non-hydrogen) atoms. The molecule has 0 aliphatic heterocycles. The molecule has 0 aliphatic carbocycles. The minimum absolute atomic E-state index is 0.297. The fourth-order valence-electron chi connectivity index (χ4n) is 1.56. The molecule has 0 fully saturated rings. The van der Waals surface area contributed by atoms with Crippen molar-refractivity contribution in [3.8, 4) is 0 Å². The third-order valence-electron chi connectivity index (χ3n) is 2.27. The molecule has 0 amide bonds. The van der Waals surface area contributed by atoms with Gasteiger partial charge in [0.2, 0.25) is 0 Å². The number of para-hydroxylation sites is 1. The lowest BCUT2D eigenvalue weighted by molar-refractivity contribution is 0.495. The van der Waals surface area contributed by atoms with Gasteiger partial charge in [-0.05, 0) is 25.1 Å². The number of hydrogen-bond donors (Lipinski definition) is 1. The van der Waals surface area contributed by atoms with Gasteiger partial charge in [-0.25, -0.2) is 4.39 Å². The van der Waals surface area contributed by atoms with Crippen LogP contribution in [-0.4, -0.2) is 6.54 Å². The van der Waals surface area contributed by atoms with E-state index >= 15 is 0 Å². The lowest BCUT2D eigenvalue weighted by atomic mass is 10.2. The predicted molar refractivity (Wildman–Crippen MR) is 58.2 cm³/mol. The quantitative estimate of drug-likeness (QED) is 0.779. The molecule has 3 heteroatoms. The summed E-state index contributed by atoms with van der Waals surface area (Å²) in [6, 6.07) is 6.83. The normalized spacial score (nSPS) is 11.1. The summed E-state index contributed by atoms with van der Waals surface area (Å²) in [5.41, 5.74) is 0.353. The molecule has 0 unspecified atom stereocenters. The summed E-state index contributed by atoms with van der Waals surface area (Å²) in [4.78, 5) is 0. The number of fused-ring (bicyclic) bond motifs is 1. The lowest BCUT2D eigenvalue weighted by Gasteiger charge is -1.97. The Morgan fingerprint density at radius 1 is 1.40 bits per heavy atom. The van der Waals surface area contributed by atoms with E-state index in [9.17, 15) is 4.39 Å². The Morgan fingerprint density at radius 3 is 3.00 bits per heavy atom. The number of benzene rings is 1. The largest absolute Gasteiger partial charge is 0.457 e. The van der Waals surface area contributed by atoms with E-state index in [0.29, 0.717) is 12.1 Å². The van der Waals surface area contributed by atoms with E-state index in [1.165, 1.54) is 6.07 Å². The van der Waals surface area contributed by atoms with Gasteiger partial charge < -0.3 is 9.73 Å². The van der Waals surface area contributed by atoms with Gasteiger partial charge in [0.25, 0.3) is 0 Å². The molecule has 0 atom stereocenters. The van der Waals surface area contributed by atoms with Gasteiger partial charge in [-0.1, -0.05) is 19.1 Å². The molecule has 80 valence electrons.